The van der Waals surface area contributed by atoms with Crippen LogP contribution in [0, 0.1) is 11.3 Å². The average Bonchev–Trinajstić information content (AvgIpc) is 2.37. The van der Waals surface area contributed by atoms with Crippen LogP contribution in [0.2, 0.25) is 0 Å². The van der Waals surface area contributed by atoms with Crippen molar-refractivity contribution in [1.29, 1.82) is 5.26 Å². The Morgan fingerprint density at radius 1 is 1.32 bits per heavy atom. The second-order valence-electron chi connectivity index (χ2n) is 4.23. The molecule has 5 heteroatoms. The van der Waals surface area contributed by atoms with Crippen LogP contribution < -0.4 is 5.32 Å². The fourth-order valence-electron chi connectivity index (χ4n) is 1.40. The standard InChI is InChI=1S/C14H16N2O3/c1-10(2)19-13(17)7-8-16-14(18)12-5-3-11(9-15)4-6-12/h3-6,10H,7-8H2,1-2H3,(H,16,18). The van der Waals surface area contributed by atoms with Gasteiger partial charge >= 0.3 is 5.97 Å². The number of hydrogen-bond acceptors (Lipinski definition) is 4. The number of hydrogen-bond donors (Lipinski definition) is 1. The lowest BCUT2D eigenvalue weighted by Crippen LogP contribution is -2.27. The molecule has 0 saturated carbocycles. The molecule has 1 N–H and O–H groups in total. The number of carbonyl (C=O) groups is 2. The number of nitrogens with one attached hydrogen (secondary N) is 1. The molecule has 0 heterocycles. The van der Waals surface area contributed by atoms with Gasteiger partial charge in [-0.05, 0) is 38.1 Å². The molecule has 0 unspecified atom stereocenters. The number of benzene rings is 1. The Labute approximate surface area is 112 Å². The van der Waals surface area contributed by atoms with Crippen molar-refractivity contribution < 1.29 is 14.3 Å². The predicted octanol–water partition coefficient (Wildman–Crippen LogP) is 1.63. The minimum Gasteiger partial charge on any atom is -0.463 e. The van der Waals surface area contributed by atoms with E-state index in [1.165, 1.54) is 0 Å². The third kappa shape index (κ3) is 5.21. The van der Waals surface area contributed by atoms with Crippen LogP contribution in [0.4, 0.5) is 0 Å². The summed E-state index contributed by atoms with van der Waals surface area (Å²) in [6.07, 6.45) is -0.0121. The summed E-state index contributed by atoms with van der Waals surface area (Å²) in [5.74, 6) is -0.614. The second kappa shape index (κ2) is 7.17. The summed E-state index contributed by atoms with van der Waals surface area (Å²) in [5.41, 5.74) is 0.952. The minimum absolute atomic E-state index is 0.139. The summed E-state index contributed by atoms with van der Waals surface area (Å²) >= 11 is 0. The maximum absolute atomic E-state index is 11.7. The van der Waals surface area contributed by atoms with Crippen molar-refractivity contribution in [3.63, 3.8) is 0 Å². The van der Waals surface area contributed by atoms with E-state index in [1.54, 1.807) is 38.1 Å². The molecule has 19 heavy (non-hydrogen) atoms. The van der Waals surface area contributed by atoms with E-state index in [0.29, 0.717) is 11.1 Å². The molecule has 0 bridgehead atoms. The van der Waals surface area contributed by atoms with Gasteiger partial charge in [0.05, 0.1) is 24.2 Å². The molecule has 100 valence electrons. The van der Waals surface area contributed by atoms with Crippen molar-refractivity contribution in [3.8, 4) is 6.07 Å². The van der Waals surface area contributed by atoms with E-state index < -0.39 is 0 Å². The SMILES string of the molecule is CC(C)OC(=O)CCNC(=O)c1ccc(C#N)cc1. The quantitative estimate of drug-likeness (QED) is 0.816. The Hall–Kier alpha value is -2.35. The van der Waals surface area contributed by atoms with Crippen LogP contribution in [-0.2, 0) is 9.53 Å². The Kier molecular flexibility index (Phi) is 5.55. The number of nitrogens with zero attached hydrogens (tertiary/aromatic N) is 1. The van der Waals surface area contributed by atoms with E-state index in [9.17, 15) is 9.59 Å². The molecular formula is C14H16N2O3. The molecule has 0 aromatic heterocycles. The van der Waals surface area contributed by atoms with Gasteiger partial charge in [0.25, 0.3) is 5.91 Å². The molecule has 0 spiro atoms. The van der Waals surface area contributed by atoms with E-state index in [0.717, 1.165) is 0 Å². The maximum atomic E-state index is 11.7. The predicted molar refractivity (Wildman–Crippen MR) is 69.3 cm³/mol. The molecule has 1 aromatic carbocycles. The second-order valence-corrected chi connectivity index (χ2v) is 4.23. The highest BCUT2D eigenvalue weighted by atomic mass is 16.5. The number of esters is 1. The van der Waals surface area contributed by atoms with E-state index in [2.05, 4.69) is 5.32 Å². The van der Waals surface area contributed by atoms with E-state index >= 15 is 0 Å². The van der Waals surface area contributed by atoms with Crippen LogP contribution in [0.15, 0.2) is 24.3 Å². The van der Waals surface area contributed by atoms with E-state index in [4.69, 9.17) is 10.00 Å². The Bertz CT molecular complexity index is 486. The molecule has 1 rings (SSSR count). The van der Waals surface area contributed by atoms with Gasteiger partial charge in [-0.1, -0.05) is 0 Å². The van der Waals surface area contributed by atoms with Gasteiger partial charge in [-0.3, -0.25) is 9.59 Å². The molecule has 0 atom stereocenters. The summed E-state index contributed by atoms with van der Waals surface area (Å²) in [6, 6.07) is 8.26. The lowest BCUT2D eigenvalue weighted by Gasteiger charge is -2.08. The van der Waals surface area contributed by atoms with Gasteiger partial charge in [-0.15, -0.1) is 0 Å². The molecular weight excluding hydrogens is 244 g/mol. The maximum Gasteiger partial charge on any atom is 0.307 e. The first-order chi connectivity index (χ1) is 9.02. The lowest BCUT2D eigenvalue weighted by atomic mass is 10.1. The van der Waals surface area contributed by atoms with Crippen molar-refractivity contribution in [2.75, 3.05) is 6.54 Å². The number of amides is 1. The monoisotopic (exact) mass is 260 g/mol. The normalized spacial score (nSPS) is 9.79. The minimum atomic E-state index is -0.338. The zero-order chi connectivity index (χ0) is 14.3. The van der Waals surface area contributed by atoms with Crippen molar-refractivity contribution in [1.82, 2.24) is 5.32 Å². The summed E-state index contributed by atoms with van der Waals surface area (Å²) in [4.78, 5) is 22.9. The third-order valence-corrected chi connectivity index (χ3v) is 2.26. The fraction of sp³-hybridized carbons (Fsp3) is 0.357. The zero-order valence-electron chi connectivity index (χ0n) is 11.0. The van der Waals surface area contributed by atoms with Crippen molar-refractivity contribution in [2.45, 2.75) is 26.4 Å². The highest BCUT2D eigenvalue weighted by Gasteiger charge is 2.08. The Morgan fingerprint density at radius 2 is 1.95 bits per heavy atom. The average molecular weight is 260 g/mol. The first-order valence-electron chi connectivity index (χ1n) is 6.00. The largest absolute Gasteiger partial charge is 0.463 e. The fourth-order valence-corrected chi connectivity index (χ4v) is 1.40. The molecule has 0 aliphatic heterocycles. The van der Waals surface area contributed by atoms with Crippen molar-refractivity contribution in [2.24, 2.45) is 0 Å². The van der Waals surface area contributed by atoms with Gasteiger partial charge < -0.3 is 10.1 Å². The highest BCUT2D eigenvalue weighted by molar-refractivity contribution is 5.94. The smallest absolute Gasteiger partial charge is 0.307 e. The van der Waals surface area contributed by atoms with Crippen LogP contribution in [0.5, 0.6) is 0 Å². The van der Waals surface area contributed by atoms with Gasteiger partial charge in [-0.25, -0.2) is 0 Å². The first-order valence-corrected chi connectivity index (χ1v) is 6.00. The molecule has 1 amide bonds. The third-order valence-electron chi connectivity index (χ3n) is 2.26. The van der Waals surface area contributed by atoms with Gasteiger partial charge in [-0.2, -0.15) is 5.26 Å². The number of ether oxygens (including phenoxy) is 1. The summed E-state index contributed by atoms with van der Waals surface area (Å²) < 4.78 is 4.94. The van der Waals surface area contributed by atoms with E-state index in [-0.39, 0.29) is 30.9 Å². The molecule has 0 aliphatic rings. The molecule has 1 aromatic rings. The molecule has 0 fully saturated rings. The highest BCUT2D eigenvalue weighted by Crippen LogP contribution is 2.03. The molecule has 0 radical (unpaired) electrons. The molecule has 0 saturated heterocycles. The Morgan fingerprint density at radius 3 is 2.47 bits per heavy atom. The van der Waals surface area contributed by atoms with Crippen LogP contribution in [-0.4, -0.2) is 24.5 Å². The van der Waals surface area contributed by atoms with Crippen LogP contribution in [0.25, 0.3) is 0 Å². The summed E-state index contributed by atoms with van der Waals surface area (Å²) in [7, 11) is 0. The number of nitriles is 1. The van der Waals surface area contributed by atoms with Gasteiger partial charge in [0, 0.05) is 12.1 Å². The Balaban J connectivity index is 2.39. The van der Waals surface area contributed by atoms with Gasteiger partial charge in [0.15, 0.2) is 0 Å². The topological polar surface area (TPSA) is 79.2 Å². The lowest BCUT2D eigenvalue weighted by molar-refractivity contribution is -0.147. The van der Waals surface area contributed by atoms with Crippen molar-refractivity contribution >= 4 is 11.9 Å². The van der Waals surface area contributed by atoms with Crippen LogP contribution in [0.1, 0.15) is 36.2 Å². The number of rotatable bonds is 5. The molecule has 5 nitrogen and oxygen atoms in total. The summed E-state index contributed by atoms with van der Waals surface area (Å²) in [6.45, 7) is 3.77. The van der Waals surface area contributed by atoms with Crippen LogP contribution >= 0.6 is 0 Å². The van der Waals surface area contributed by atoms with Crippen LogP contribution in [0.3, 0.4) is 0 Å². The molecule has 0 aliphatic carbocycles. The van der Waals surface area contributed by atoms with Gasteiger partial charge in [0.1, 0.15) is 0 Å². The number of carbonyl (C=O) groups excluding carboxylic acids is 2. The van der Waals surface area contributed by atoms with Crippen molar-refractivity contribution in [3.05, 3.63) is 35.4 Å². The van der Waals surface area contributed by atoms with Gasteiger partial charge in [0.2, 0.25) is 0 Å². The van der Waals surface area contributed by atoms with E-state index in [1.807, 2.05) is 6.07 Å². The zero-order valence-corrected chi connectivity index (χ0v) is 11.0. The first kappa shape index (κ1) is 14.7. The summed E-state index contributed by atoms with van der Waals surface area (Å²) in [5, 5.41) is 11.3.